The third-order valence-corrected chi connectivity index (χ3v) is 4.13. The Morgan fingerprint density at radius 1 is 1.25 bits per heavy atom. The first-order valence-electron chi connectivity index (χ1n) is 7.77. The first kappa shape index (κ1) is 18.2. The van der Waals surface area contributed by atoms with E-state index in [-0.39, 0.29) is 0 Å². The van der Waals surface area contributed by atoms with Crippen LogP contribution in [0, 0.1) is 6.92 Å². The van der Waals surface area contributed by atoms with Crippen LogP contribution in [-0.2, 0) is 17.8 Å². The minimum absolute atomic E-state index is 0.545. The Balaban J connectivity index is 1.81. The van der Waals surface area contributed by atoms with Gasteiger partial charge >= 0.3 is 0 Å². The normalized spacial score (nSPS) is 11.4. The molecule has 0 spiro atoms. The molecule has 0 aliphatic rings. The van der Waals surface area contributed by atoms with Crippen molar-refractivity contribution < 1.29 is 9.47 Å². The molecule has 7 heteroatoms. The fourth-order valence-corrected chi connectivity index (χ4v) is 2.76. The van der Waals surface area contributed by atoms with Crippen molar-refractivity contribution in [1.29, 1.82) is 0 Å². The zero-order chi connectivity index (χ0) is 17.2. The van der Waals surface area contributed by atoms with Gasteiger partial charge in [-0.1, -0.05) is 12.1 Å². The largest absolute Gasteiger partial charge is 0.491 e. The fourth-order valence-electron chi connectivity index (χ4n) is 2.04. The molecule has 2 N–H and O–H groups in total. The van der Waals surface area contributed by atoms with Crippen molar-refractivity contribution in [1.82, 2.24) is 15.6 Å². The van der Waals surface area contributed by atoms with Crippen LogP contribution in [0.25, 0.3) is 0 Å². The molecule has 1 heterocycles. The Hall–Kier alpha value is -2.12. The number of thiazole rings is 1. The topological polar surface area (TPSA) is 67.8 Å². The van der Waals surface area contributed by atoms with Crippen LogP contribution in [0.15, 0.2) is 35.5 Å². The van der Waals surface area contributed by atoms with E-state index in [0.29, 0.717) is 26.3 Å². The number of methoxy groups -OCH3 is 1. The maximum atomic E-state index is 5.62. The number of benzene rings is 1. The third-order valence-electron chi connectivity index (χ3n) is 3.21. The number of aryl methyl sites for hydroxylation is 1. The van der Waals surface area contributed by atoms with Crippen LogP contribution >= 0.6 is 11.3 Å². The first-order chi connectivity index (χ1) is 11.7. The zero-order valence-corrected chi connectivity index (χ0v) is 15.2. The number of nitrogens with one attached hydrogen (secondary N) is 2. The van der Waals surface area contributed by atoms with Crippen LogP contribution in [0.5, 0.6) is 5.75 Å². The number of rotatable bonds is 8. The second kappa shape index (κ2) is 9.89. The van der Waals surface area contributed by atoms with Crippen LogP contribution in [0.4, 0.5) is 0 Å². The van der Waals surface area contributed by atoms with E-state index < -0.39 is 0 Å². The lowest BCUT2D eigenvalue weighted by Crippen LogP contribution is -2.36. The van der Waals surface area contributed by atoms with Gasteiger partial charge in [0.15, 0.2) is 5.96 Å². The molecule has 130 valence electrons. The zero-order valence-electron chi connectivity index (χ0n) is 14.3. The Kier molecular flexibility index (Phi) is 7.51. The minimum Gasteiger partial charge on any atom is -0.491 e. The fraction of sp³-hybridized carbons (Fsp3) is 0.412. The molecule has 0 fully saturated rings. The van der Waals surface area contributed by atoms with Crippen molar-refractivity contribution in [2.75, 3.05) is 27.4 Å². The third kappa shape index (κ3) is 6.17. The summed E-state index contributed by atoms with van der Waals surface area (Å²) in [6.07, 6.45) is 1.88. The molecule has 0 unspecified atom stereocenters. The van der Waals surface area contributed by atoms with Gasteiger partial charge in [0.1, 0.15) is 17.4 Å². The maximum Gasteiger partial charge on any atom is 0.191 e. The number of aliphatic imine (C=N–C) groups is 1. The average Bonchev–Trinajstić information content (AvgIpc) is 3.01. The molecule has 0 amide bonds. The second-order valence-electron chi connectivity index (χ2n) is 5.13. The van der Waals surface area contributed by atoms with Gasteiger partial charge in [-0.2, -0.15) is 0 Å². The van der Waals surface area contributed by atoms with E-state index in [1.165, 1.54) is 4.88 Å². The Morgan fingerprint density at radius 2 is 2.08 bits per heavy atom. The highest BCUT2D eigenvalue weighted by Gasteiger charge is 2.03. The molecule has 0 radical (unpaired) electrons. The molecular formula is C17H24N4O2S. The lowest BCUT2D eigenvalue weighted by molar-refractivity contribution is 0.146. The summed E-state index contributed by atoms with van der Waals surface area (Å²) < 4.78 is 10.6. The monoisotopic (exact) mass is 348 g/mol. The van der Waals surface area contributed by atoms with Gasteiger partial charge in [0.05, 0.1) is 13.2 Å². The van der Waals surface area contributed by atoms with E-state index in [2.05, 4.69) is 27.5 Å². The quantitative estimate of drug-likeness (QED) is 0.435. The Labute approximate surface area is 146 Å². The van der Waals surface area contributed by atoms with Gasteiger partial charge in [-0.05, 0) is 24.6 Å². The summed E-state index contributed by atoms with van der Waals surface area (Å²) in [6.45, 7) is 4.51. The molecule has 0 bridgehead atoms. The van der Waals surface area contributed by atoms with E-state index in [4.69, 9.17) is 9.47 Å². The highest BCUT2D eigenvalue weighted by atomic mass is 32.1. The first-order valence-corrected chi connectivity index (χ1v) is 8.59. The van der Waals surface area contributed by atoms with Crippen LogP contribution in [-0.4, -0.2) is 38.3 Å². The SMILES string of the molecule is CN=C(NCc1cccc(OCCOC)c1)NCc1ncc(C)s1. The number of nitrogens with zero attached hydrogens (tertiary/aromatic N) is 2. The van der Waals surface area contributed by atoms with Crippen molar-refractivity contribution in [3.05, 3.63) is 45.9 Å². The van der Waals surface area contributed by atoms with Crippen LogP contribution < -0.4 is 15.4 Å². The number of hydrogen-bond acceptors (Lipinski definition) is 5. The minimum atomic E-state index is 0.545. The van der Waals surface area contributed by atoms with Gasteiger partial charge in [0, 0.05) is 31.8 Å². The van der Waals surface area contributed by atoms with Crippen molar-refractivity contribution in [3.8, 4) is 5.75 Å². The Bertz CT molecular complexity index is 658. The maximum absolute atomic E-state index is 5.62. The smallest absolute Gasteiger partial charge is 0.191 e. The number of guanidine groups is 1. The van der Waals surface area contributed by atoms with Gasteiger partial charge in [0.2, 0.25) is 0 Å². The summed E-state index contributed by atoms with van der Waals surface area (Å²) >= 11 is 1.68. The van der Waals surface area contributed by atoms with Crippen LogP contribution in [0.3, 0.4) is 0 Å². The summed E-state index contributed by atoms with van der Waals surface area (Å²) in [7, 11) is 3.42. The lowest BCUT2D eigenvalue weighted by Gasteiger charge is -2.12. The molecule has 6 nitrogen and oxygen atoms in total. The molecule has 0 aliphatic carbocycles. The molecule has 1 aromatic heterocycles. The molecule has 0 saturated heterocycles. The van der Waals surface area contributed by atoms with E-state index >= 15 is 0 Å². The summed E-state index contributed by atoms with van der Waals surface area (Å²) in [5.74, 6) is 1.58. The van der Waals surface area contributed by atoms with E-state index in [1.807, 2.05) is 30.5 Å². The van der Waals surface area contributed by atoms with Crippen molar-refractivity contribution in [3.63, 3.8) is 0 Å². The van der Waals surface area contributed by atoms with E-state index in [1.54, 1.807) is 25.5 Å². The predicted octanol–water partition coefficient (Wildman–Crippen LogP) is 2.34. The highest BCUT2D eigenvalue weighted by Crippen LogP contribution is 2.13. The van der Waals surface area contributed by atoms with Gasteiger partial charge in [-0.3, -0.25) is 4.99 Å². The van der Waals surface area contributed by atoms with Gasteiger partial charge in [-0.15, -0.1) is 11.3 Å². The molecule has 0 saturated carbocycles. The molecule has 0 aliphatic heterocycles. The average molecular weight is 348 g/mol. The standard InChI is InChI=1S/C17H24N4O2S/c1-13-10-19-16(24-13)12-21-17(18-2)20-11-14-5-4-6-15(9-14)23-8-7-22-3/h4-6,9-10H,7-8,11-12H2,1-3H3,(H2,18,20,21). The molecule has 0 atom stereocenters. The van der Waals surface area contributed by atoms with Gasteiger partial charge in [-0.25, -0.2) is 4.98 Å². The number of hydrogen-bond donors (Lipinski definition) is 2. The molecule has 24 heavy (non-hydrogen) atoms. The van der Waals surface area contributed by atoms with Gasteiger partial charge in [0.25, 0.3) is 0 Å². The van der Waals surface area contributed by atoms with Gasteiger partial charge < -0.3 is 20.1 Å². The highest BCUT2D eigenvalue weighted by molar-refractivity contribution is 7.11. The predicted molar refractivity (Wildman–Crippen MR) is 97.7 cm³/mol. The van der Waals surface area contributed by atoms with Crippen molar-refractivity contribution >= 4 is 17.3 Å². The summed E-state index contributed by atoms with van der Waals surface area (Å²) in [5, 5.41) is 7.60. The summed E-state index contributed by atoms with van der Waals surface area (Å²) in [5.41, 5.74) is 1.12. The van der Waals surface area contributed by atoms with E-state index in [0.717, 1.165) is 22.3 Å². The molecule has 2 rings (SSSR count). The van der Waals surface area contributed by atoms with Crippen LogP contribution in [0.2, 0.25) is 0 Å². The number of ether oxygens (including phenoxy) is 2. The molecule has 1 aromatic carbocycles. The lowest BCUT2D eigenvalue weighted by atomic mass is 10.2. The Morgan fingerprint density at radius 3 is 2.79 bits per heavy atom. The summed E-state index contributed by atoms with van der Waals surface area (Å²) in [4.78, 5) is 9.77. The van der Waals surface area contributed by atoms with E-state index in [9.17, 15) is 0 Å². The number of aromatic nitrogens is 1. The second-order valence-corrected chi connectivity index (χ2v) is 6.45. The summed E-state index contributed by atoms with van der Waals surface area (Å²) in [6, 6.07) is 7.98. The van der Waals surface area contributed by atoms with Crippen molar-refractivity contribution in [2.45, 2.75) is 20.0 Å². The van der Waals surface area contributed by atoms with Crippen LogP contribution in [0.1, 0.15) is 15.4 Å². The van der Waals surface area contributed by atoms with Crippen molar-refractivity contribution in [2.24, 2.45) is 4.99 Å². The molecular weight excluding hydrogens is 324 g/mol. The molecule has 2 aromatic rings.